The Balaban J connectivity index is 1.86. The summed E-state index contributed by atoms with van der Waals surface area (Å²) in [6, 6.07) is 7.47. The van der Waals surface area contributed by atoms with E-state index in [0.29, 0.717) is 12.8 Å². The molecule has 0 bridgehead atoms. The fraction of sp³-hybridized carbons (Fsp3) is 0.222. The third-order valence-electron chi connectivity index (χ3n) is 3.62. The zero-order valence-corrected chi connectivity index (χ0v) is 12.9. The van der Waals surface area contributed by atoms with Crippen molar-refractivity contribution < 1.29 is 30.0 Å². The number of carbonyl (C=O) groups excluding carboxylic acids is 2. The molecule has 0 aliphatic carbocycles. The normalized spacial score (nSPS) is 10.5. The zero-order valence-electron chi connectivity index (χ0n) is 12.9. The van der Waals surface area contributed by atoms with Gasteiger partial charge in [0.25, 0.3) is 0 Å². The molecule has 6 heteroatoms. The molecule has 0 aliphatic heterocycles. The number of rotatable bonds is 7. The fourth-order valence-corrected chi connectivity index (χ4v) is 2.34. The van der Waals surface area contributed by atoms with Gasteiger partial charge in [0.1, 0.15) is 23.0 Å². The van der Waals surface area contributed by atoms with Gasteiger partial charge in [0, 0.05) is 12.8 Å². The van der Waals surface area contributed by atoms with Crippen LogP contribution in [-0.2, 0) is 0 Å². The first kappa shape index (κ1) is 17.3. The molecule has 0 saturated carbocycles. The molecule has 0 saturated heterocycles. The highest BCUT2D eigenvalue weighted by atomic mass is 16.3. The Bertz CT molecular complexity index is 701. The van der Waals surface area contributed by atoms with Gasteiger partial charge in [-0.15, -0.1) is 0 Å². The average molecular weight is 330 g/mol. The number of hydrogen-bond donors (Lipinski definition) is 4. The number of phenolic OH excluding ortho intramolecular Hbond substituents is 4. The lowest BCUT2D eigenvalue weighted by molar-refractivity contribution is 0.0951. The molecule has 0 atom stereocenters. The topological polar surface area (TPSA) is 115 Å². The van der Waals surface area contributed by atoms with Gasteiger partial charge >= 0.3 is 0 Å². The van der Waals surface area contributed by atoms with E-state index in [1.807, 2.05) is 0 Å². The highest BCUT2D eigenvalue weighted by Gasteiger charge is 2.14. The van der Waals surface area contributed by atoms with Gasteiger partial charge in [-0.2, -0.15) is 0 Å². The molecule has 0 aromatic heterocycles. The summed E-state index contributed by atoms with van der Waals surface area (Å²) in [4.78, 5) is 24.0. The molecule has 0 radical (unpaired) electrons. The standard InChI is InChI=1S/C18H18O6/c19-11-5-7-17(23)13(9-11)15(21)3-1-2-4-16(22)14-10-12(20)6-8-18(14)24/h5-10,19-20,23-24H,1-4H2. The van der Waals surface area contributed by atoms with Gasteiger partial charge in [-0.3, -0.25) is 9.59 Å². The van der Waals surface area contributed by atoms with Crippen LogP contribution in [0.3, 0.4) is 0 Å². The largest absolute Gasteiger partial charge is 0.508 e. The average Bonchev–Trinajstić information content (AvgIpc) is 2.55. The molecule has 4 N–H and O–H groups in total. The highest BCUT2D eigenvalue weighted by molar-refractivity contribution is 5.99. The van der Waals surface area contributed by atoms with Crippen molar-refractivity contribution in [1.82, 2.24) is 0 Å². The molecule has 24 heavy (non-hydrogen) atoms. The first-order chi connectivity index (χ1) is 11.4. The first-order valence-corrected chi connectivity index (χ1v) is 7.49. The zero-order chi connectivity index (χ0) is 17.7. The lowest BCUT2D eigenvalue weighted by atomic mass is 10.0. The van der Waals surface area contributed by atoms with E-state index in [9.17, 15) is 30.0 Å². The monoisotopic (exact) mass is 330 g/mol. The number of aromatic hydroxyl groups is 4. The number of phenols is 4. The van der Waals surface area contributed by atoms with E-state index in [-0.39, 0.29) is 58.5 Å². The third-order valence-corrected chi connectivity index (χ3v) is 3.62. The summed E-state index contributed by atoms with van der Waals surface area (Å²) < 4.78 is 0. The Morgan fingerprint density at radius 3 is 1.42 bits per heavy atom. The second kappa shape index (κ2) is 7.50. The van der Waals surface area contributed by atoms with Gasteiger partial charge in [-0.1, -0.05) is 0 Å². The number of benzene rings is 2. The van der Waals surface area contributed by atoms with Crippen molar-refractivity contribution in [2.24, 2.45) is 0 Å². The van der Waals surface area contributed by atoms with Gasteiger partial charge in [0.15, 0.2) is 11.6 Å². The van der Waals surface area contributed by atoms with Crippen LogP contribution in [0.15, 0.2) is 36.4 Å². The van der Waals surface area contributed by atoms with Crippen LogP contribution in [0.1, 0.15) is 46.4 Å². The Hall–Kier alpha value is -3.02. The van der Waals surface area contributed by atoms with Crippen molar-refractivity contribution >= 4 is 11.6 Å². The third kappa shape index (κ3) is 4.25. The van der Waals surface area contributed by atoms with Crippen molar-refractivity contribution in [2.75, 3.05) is 0 Å². The molecule has 0 unspecified atom stereocenters. The molecular formula is C18H18O6. The van der Waals surface area contributed by atoms with Crippen LogP contribution in [0.2, 0.25) is 0 Å². The minimum Gasteiger partial charge on any atom is -0.508 e. The Morgan fingerprint density at radius 2 is 1.04 bits per heavy atom. The van der Waals surface area contributed by atoms with Gasteiger partial charge in [0.05, 0.1) is 11.1 Å². The van der Waals surface area contributed by atoms with E-state index in [0.717, 1.165) is 0 Å². The smallest absolute Gasteiger partial charge is 0.166 e. The summed E-state index contributed by atoms with van der Waals surface area (Å²) in [6.45, 7) is 0. The van der Waals surface area contributed by atoms with Crippen LogP contribution in [0.25, 0.3) is 0 Å². The molecule has 2 rings (SSSR count). The lowest BCUT2D eigenvalue weighted by Gasteiger charge is -2.06. The molecule has 2 aromatic carbocycles. The lowest BCUT2D eigenvalue weighted by Crippen LogP contribution is -2.02. The molecule has 2 aromatic rings. The van der Waals surface area contributed by atoms with Crippen LogP contribution in [-0.4, -0.2) is 32.0 Å². The maximum Gasteiger partial charge on any atom is 0.166 e. The number of Topliss-reactive ketones (excluding diaryl/α,β-unsaturated/α-hetero) is 2. The summed E-state index contributed by atoms with van der Waals surface area (Å²) in [5, 5.41) is 37.9. The maximum absolute atomic E-state index is 12.0. The van der Waals surface area contributed by atoms with Crippen LogP contribution in [0, 0.1) is 0 Å². The van der Waals surface area contributed by atoms with E-state index in [1.165, 1.54) is 36.4 Å². The van der Waals surface area contributed by atoms with Crippen molar-refractivity contribution in [3.8, 4) is 23.0 Å². The first-order valence-electron chi connectivity index (χ1n) is 7.49. The van der Waals surface area contributed by atoms with Gasteiger partial charge < -0.3 is 20.4 Å². The van der Waals surface area contributed by atoms with Crippen molar-refractivity contribution in [3.05, 3.63) is 47.5 Å². The van der Waals surface area contributed by atoms with Crippen molar-refractivity contribution in [1.29, 1.82) is 0 Å². The molecule has 126 valence electrons. The van der Waals surface area contributed by atoms with E-state index in [1.54, 1.807) is 0 Å². The summed E-state index contributed by atoms with van der Waals surface area (Å²) >= 11 is 0. The van der Waals surface area contributed by atoms with Gasteiger partial charge in [-0.25, -0.2) is 0 Å². The molecule has 0 spiro atoms. The van der Waals surface area contributed by atoms with Crippen LogP contribution < -0.4 is 0 Å². The summed E-state index contributed by atoms with van der Waals surface area (Å²) in [5.41, 5.74) is 0.0962. The number of unbranched alkanes of at least 4 members (excludes halogenated alkanes) is 1. The quantitative estimate of drug-likeness (QED) is 0.352. The summed E-state index contributed by atoms with van der Waals surface area (Å²) in [6.07, 6.45) is 1.07. The second-order valence-corrected chi connectivity index (χ2v) is 5.46. The summed E-state index contributed by atoms with van der Waals surface area (Å²) in [5.74, 6) is -1.25. The van der Waals surface area contributed by atoms with Gasteiger partial charge in [-0.05, 0) is 49.2 Å². The minimum absolute atomic E-state index is 0.0481. The second-order valence-electron chi connectivity index (χ2n) is 5.46. The fourth-order valence-electron chi connectivity index (χ4n) is 2.34. The van der Waals surface area contributed by atoms with Crippen LogP contribution in [0.5, 0.6) is 23.0 Å². The summed E-state index contributed by atoms with van der Waals surface area (Å²) in [7, 11) is 0. The molecule has 0 amide bonds. The molecular weight excluding hydrogens is 312 g/mol. The SMILES string of the molecule is O=C(CCCCC(=O)c1cc(O)ccc1O)c1cc(O)ccc1O. The van der Waals surface area contributed by atoms with E-state index >= 15 is 0 Å². The Kier molecular flexibility index (Phi) is 5.42. The van der Waals surface area contributed by atoms with Gasteiger partial charge in [0.2, 0.25) is 0 Å². The predicted molar refractivity (Wildman–Crippen MR) is 86.7 cm³/mol. The highest BCUT2D eigenvalue weighted by Crippen LogP contribution is 2.26. The van der Waals surface area contributed by atoms with Crippen molar-refractivity contribution in [2.45, 2.75) is 25.7 Å². The van der Waals surface area contributed by atoms with E-state index in [2.05, 4.69) is 0 Å². The Labute approximate surface area is 138 Å². The molecule has 6 nitrogen and oxygen atoms in total. The number of carbonyl (C=O) groups is 2. The molecule has 0 heterocycles. The molecule has 0 aliphatic rings. The van der Waals surface area contributed by atoms with E-state index in [4.69, 9.17) is 0 Å². The van der Waals surface area contributed by atoms with Crippen LogP contribution >= 0.6 is 0 Å². The van der Waals surface area contributed by atoms with Crippen molar-refractivity contribution in [3.63, 3.8) is 0 Å². The number of hydrogen-bond acceptors (Lipinski definition) is 6. The Morgan fingerprint density at radius 1 is 0.667 bits per heavy atom. The van der Waals surface area contributed by atoms with E-state index < -0.39 is 0 Å². The maximum atomic E-state index is 12.0. The minimum atomic E-state index is -0.323. The predicted octanol–water partition coefficient (Wildman–Crippen LogP) is 3.14. The number of ketones is 2. The molecule has 0 fully saturated rings. The van der Waals surface area contributed by atoms with Crippen LogP contribution in [0.4, 0.5) is 0 Å².